The van der Waals surface area contributed by atoms with Crippen molar-refractivity contribution >= 4 is 5.78 Å². The van der Waals surface area contributed by atoms with Crippen LogP contribution in [-0.4, -0.2) is 5.78 Å². The lowest BCUT2D eigenvalue weighted by molar-refractivity contribution is -0.121. The van der Waals surface area contributed by atoms with Crippen molar-refractivity contribution in [1.29, 1.82) is 0 Å². The molecule has 2 fully saturated rings. The molecular formula is C17H30O. The molecule has 104 valence electrons. The fraction of sp³-hybridized carbons (Fsp3) is 0.941. The molecule has 0 saturated heterocycles. The third-order valence-electron chi connectivity index (χ3n) is 5.30. The van der Waals surface area contributed by atoms with Crippen molar-refractivity contribution < 1.29 is 4.79 Å². The largest absolute Gasteiger partial charge is 0.300 e. The van der Waals surface area contributed by atoms with Crippen LogP contribution in [0.3, 0.4) is 0 Å². The topological polar surface area (TPSA) is 17.1 Å². The van der Waals surface area contributed by atoms with Crippen molar-refractivity contribution in [1.82, 2.24) is 0 Å². The molecule has 0 amide bonds. The lowest BCUT2D eigenvalue weighted by atomic mass is 9.77. The van der Waals surface area contributed by atoms with Crippen LogP contribution in [0, 0.1) is 23.7 Å². The van der Waals surface area contributed by atoms with E-state index in [9.17, 15) is 4.79 Å². The Bertz CT molecular complexity index is 229. The molecule has 18 heavy (non-hydrogen) atoms. The summed E-state index contributed by atoms with van der Waals surface area (Å²) in [5.41, 5.74) is 0. The SMILES string of the molecule is CC1CCC(CC(=O)CC2CCC(C)CC2)CC1. The van der Waals surface area contributed by atoms with Crippen LogP contribution in [0.2, 0.25) is 0 Å². The first kappa shape index (κ1) is 14.1. The second-order valence-electron chi connectivity index (χ2n) is 7.20. The standard InChI is InChI=1S/C17H30O/c1-13-3-7-15(8-4-13)11-17(18)12-16-9-5-14(2)6-10-16/h13-16H,3-12H2,1-2H3. The summed E-state index contributed by atoms with van der Waals surface area (Å²) in [6, 6.07) is 0. The van der Waals surface area contributed by atoms with Crippen LogP contribution in [0.5, 0.6) is 0 Å². The fourth-order valence-electron chi connectivity index (χ4n) is 3.79. The zero-order valence-corrected chi connectivity index (χ0v) is 12.3. The highest BCUT2D eigenvalue weighted by Gasteiger charge is 2.24. The lowest BCUT2D eigenvalue weighted by Gasteiger charge is -2.28. The van der Waals surface area contributed by atoms with Crippen LogP contribution in [0.15, 0.2) is 0 Å². The van der Waals surface area contributed by atoms with Crippen molar-refractivity contribution in [2.45, 2.75) is 78.1 Å². The molecule has 2 aliphatic rings. The molecular weight excluding hydrogens is 220 g/mol. The van der Waals surface area contributed by atoms with Crippen molar-refractivity contribution in [2.75, 3.05) is 0 Å². The summed E-state index contributed by atoms with van der Waals surface area (Å²) in [5, 5.41) is 0. The van der Waals surface area contributed by atoms with Gasteiger partial charge in [-0.25, -0.2) is 0 Å². The minimum Gasteiger partial charge on any atom is -0.300 e. The lowest BCUT2D eigenvalue weighted by Crippen LogP contribution is -2.19. The molecule has 0 radical (unpaired) electrons. The first-order valence-electron chi connectivity index (χ1n) is 8.15. The zero-order valence-electron chi connectivity index (χ0n) is 12.3. The van der Waals surface area contributed by atoms with Crippen LogP contribution in [0.25, 0.3) is 0 Å². The highest BCUT2D eigenvalue weighted by atomic mass is 16.1. The molecule has 0 N–H and O–H groups in total. The van der Waals surface area contributed by atoms with Crippen LogP contribution in [0.4, 0.5) is 0 Å². The molecule has 2 rings (SSSR count). The molecule has 0 unspecified atom stereocenters. The minimum absolute atomic E-state index is 0.564. The average Bonchev–Trinajstić information content (AvgIpc) is 2.35. The van der Waals surface area contributed by atoms with Gasteiger partial charge < -0.3 is 0 Å². The molecule has 0 aromatic carbocycles. The van der Waals surface area contributed by atoms with Gasteiger partial charge in [-0.2, -0.15) is 0 Å². The number of Topliss-reactive ketones (excluding diaryl/α,β-unsaturated/α-hetero) is 1. The maximum atomic E-state index is 12.1. The minimum atomic E-state index is 0.564. The van der Waals surface area contributed by atoms with Gasteiger partial charge in [0.05, 0.1) is 0 Å². The Hall–Kier alpha value is -0.330. The zero-order chi connectivity index (χ0) is 13.0. The molecule has 2 saturated carbocycles. The third kappa shape index (κ3) is 4.40. The normalized spacial score (nSPS) is 37.4. The van der Waals surface area contributed by atoms with E-state index in [1.807, 2.05) is 0 Å². The molecule has 0 aromatic heterocycles. The smallest absolute Gasteiger partial charge is 0.133 e. The summed E-state index contributed by atoms with van der Waals surface area (Å²) < 4.78 is 0. The molecule has 2 aliphatic carbocycles. The van der Waals surface area contributed by atoms with Gasteiger partial charge in [-0.15, -0.1) is 0 Å². The van der Waals surface area contributed by atoms with E-state index in [4.69, 9.17) is 0 Å². The molecule has 1 nitrogen and oxygen atoms in total. The Morgan fingerprint density at radius 1 is 0.722 bits per heavy atom. The maximum absolute atomic E-state index is 12.1. The van der Waals surface area contributed by atoms with Gasteiger partial charge in [0, 0.05) is 12.8 Å². The van der Waals surface area contributed by atoms with E-state index in [0.717, 1.165) is 36.5 Å². The summed E-state index contributed by atoms with van der Waals surface area (Å²) in [7, 11) is 0. The van der Waals surface area contributed by atoms with Gasteiger partial charge in [0.15, 0.2) is 0 Å². The second-order valence-corrected chi connectivity index (χ2v) is 7.20. The third-order valence-corrected chi connectivity index (χ3v) is 5.30. The highest BCUT2D eigenvalue weighted by Crippen LogP contribution is 2.33. The van der Waals surface area contributed by atoms with Gasteiger partial charge in [-0.3, -0.25) is 4.79 Å². The van der Waals surface area contributed by atoms with E-state index in [2.05, 4.69) is 13.8 Å². The Labute approximate surface area is 113 Å². The second kappa shape index (κ2) is 6.73. The van der Waals surface area contributed by atoms with Crippen molar-refractivity contribution in [3.8, 4) is 0 Å². The van der Waals surface area contributed by atoms with E-state index < -0.39 is 0 Å². The Kier molecular flexibility index (Phi) is 5.26. The van der Waals surface area contributed by atoms with Crippen LogP contribution in [0.1, 0.15) is 78.1 Å². The maximum Gasteiger partial charge on any atom is 0.133 e. The quantitative estimate of drug-likeness (QED) is 0.687. The monoisotopic (exact) mass is 250 g/mol. The number of rotatable bonds is 4. The van der Waals surface area contributed by atoms with Gasteiger partial charge in [-0.05, 0) is 49.4 Å². The van der Waals surface area contributed by atoms with Crippen LogP contribution < -0.4 is 0 Å². The molecule has 0 aromatic rings. The van der Waals surface area contributed by atoms with Crippen LogP contribution >= 0.6 is 0 Å². The van der Waals surface area contributed by atoms with Crippen molar-refractivity contribution in [3.63, 3.8) is 0 Å². The summed E-state index contributed by atoms with van der Waals surface area (Å²) in [6.45, 7) is 4.70. The van der Waals surface area contributed by atoms with Crippen molar-refractivity contribution in [2.24, 2.45) is 23.7 Å². The molecule has 0 bridgehead atoms. The van der Waals surface area contributed by atoms with Gasteiger partial charge in [0.25, 0.3) is 0 Å². The predicted molar refractivity (Wildman–Crippen MR) is 76.5 cm³/mol. The summed E-state index contributed by atoms with van der Waals surface area (Å²) in [5.74, 6) is 3.80. The molecule has 0 spiro atoms. The Balaban J connectivity index is 1.66. The van der Waals surface area contributed by atoms with Gasteiger partial charge >= 0.3 is 0 Å². The average molecular weight is 250 g/mol. The van der Waals surface area contributed by atoms with Gasteiger partial charge in [-0.1, -0.05) is 39.5 Å². The van der Waals surface area contributed by atoms with E-state index >= 15 is 0 Å². The first-order valence-corrected chi connectivity index (χ1v) is 8.15. The summed E-state index contributed by atoms with van der Waals surface area (Å²) in [6.07, 6.45) is 12.4. The van der Waals surface area contributed by atoms with Crippen LogP contribution in [-0.2, 0) is 4.79 Å². The van der Waals surface area contributed by atoms with E-state index in [1.54, 1.807) is 0 Å². The molecule has 0 aliphatic heterocycles. The van der Waals surface area contributed by atoms with E-state index in [0.29, 0.717) is 5.78 Å². The van der Waals surface area contributed by atoms with Gasteiger partial charge in [0.1, 0.15) is 5.78 Å². The number of hydrogen-bond donors (Lipinski definition) is 0. The van der Waals surface area contributed by atoms with Crippen molar-refractivity contribution in [3.05, 3.63) is 0 Å². The Morgan fingerprint density at radius 3 is 1.39 bits per heavy atom. The molecule has 1 heteroatoms. The van der Waals surface area contributed by atoms with E-state index in [-0.39, 0.29) is 0 Å². The number of ketones is 1. The Morgan fingerprint density at radius 2 is 1.06 bits per heavy atom. The number of hydrogen-bond acceptors (Lipinski definition) is 1. The van der Waals surface area contributed by atoms with Gasteiger partial charge in [0.2, 0.25) is 0 Å². The number of carbonyl (C=O) groups is 1. The highest BCUT2D eigenvalue weighted by molar-refractivity contribution is 5.78. The first-order chi connectivity index (χ1) is 8.63. The van der Waals surface area contributed by atoms with E-state index in [1.165, 1.54) is 51.4 Å². The molecule has 0 atom stereocenters. The predicted octanol–water partition coefficient (Wildman–Crippen LogP) is 4.99. The molecule has 0 heterocycles. The summed E-state index contributed by atoms with van der Waals surface area (Å²) >= 11 is 0. The fourth-order valence-corrected chi connectivity index (χ4v) is 3.79. The summed E-state index contributed by atoms with van der Waals surface area (Å²) in [4.78, 5) is 12.1. The number of carbonyl (C=O) groups excluding carboxylic acids is 1.